The molecule has 1 heterocycles. The van der Waals surface area contributed by atoms with E-state index in [2.05, 4.69) is 4.90 Å². The van der Waals surface area contributed by atoms with Crippen molar-refractivity contribution in [2.45, 2.75) is 0 Å². The molecule has 1 saturated heterocycles. The molecule has 0 radical (unpaired) electrons. The van der Waals surface area contributed by atoms with Gasteiger partial charge in [-0.15, -0.1) is 0 Å². The third kappa shape index (κ3) is 2.98. The van der Waals surface area contributed by atoms with Gasteiger partial charge in [0.25, 0.3) is 0 Å². The maximum Gasteiger partial charge on any atom is 0.311 e. The Bertz CT molecular complexity index is 473. The van der Waals surface area contributed by atoms with Gasteiger partial charge in [0.15, 0.2) is 0 Å². The van der Waals surface area contributed by atoms with E-state index in [1.807, 2.05) is 7.05 Å². The van der Waals surface area contributed by atoms with Gasteiger partial charge in [-0.2, -0.15) is 0 Å². The summed E-state index contributed by atoms with van der Waals surface area (Å²) >= 11 is 0. The van der Waals surface area contributed by atoms with Crippen LogP contribution in [0.4, 0.5) is 5.69 Å². The lowest BCUT2D eigenvalue weighted by molar-refractivity contribution is -0.385. The molecule has 0 aliphatic carbocycles. The van der Waals surface area contributed by atoms with Crippen LogP contribution in [0.25, 0.3) is 0 Å². The Labute approximate surface area is 105 Å². The number of morpholine rings is 1. The molecule has 6 nitrogen and oxygen atoms in total. The van der Waals surface area contributed by atoms with Crippen LogP contribution in [-0.4, -0.2) is 36.6 Å². The van der Waals surface area contributed by atoms with Gasteiger partial charge in [0.05, 0.1) is 11.5 Å². The molecule has 2 rings (SSSR count). The highest BCUT2D eigenvalue weighted by Gasteiger charge is 2.15. The highest BCUT2D eigenvalue weighted by Crippen LogP contribution is 2.26. The first-order chi connectivity index (χ1) is 8.66. The average molecular weight is 250 g/mol. The molecule has 0 unspecified atom stereocenters. The van der Waals surface area contributed by atoms with Gasteiger partial charge < -0.3 is 9.47 Å². The summed E-state index contributed by atoms with van der Waals surface area (Å²) in [7, 11) is 1.97. The lowest BCUT2D eigenvalue weighted by Gasteiger charge is -2.24. The maximum absolute atomic E-state index is 10.8. The van der Waals surface area contributed by atoms with Crippen LogP contribution in [0.3, 0.4) is 0 Å². The summed E-state index contributed by atoms with van der Waals surface area (Å²) in [5.41, 5.74) is -0.0569. The lowest BCUT2D eigenvalue weighted by Crippen LogP contribution is -2.31. The smallest absolute Gasteiger partial charge is 0.311 e. The summed E-state index contributed by atoms with van der Waals surface area (Å²) in [6.45, 7) is 2.10. The number of nitro groups is 1. The molecule has 0 saturated carbocycles. The SMILES string of the molecule is CN1CCOC(=COc2ccccc2[N+](=O)[O-])C1. The Kier molecular flexibility index (Phi) is 3.78. The largest absolute Gasteiger partial charge is 0.492 e. The number of nitrogens with zero attached hydrogens (tertiary/aromatic N) is 2. The molecule has 18 heavy (non-hydrogen) atoms. The van der Waals surface area contributed by atoms with E-state index in [9.17, 15) is 10.1 Å². The van der Waals surface area contributed by atoms with Crippen LogP contribution in [0.15, 0.2) is 36.3 Å². The number of benzene rings is 1. The van der Waals surface area contributed by atoms with Crippen molar-refractivity contribution in [1.29, 1.82) is 0 Å². The van der Waals surface area contributed by atoms with Crippen LogP contribution in [0.1, 0.15) is 0 Å². The number of para-hydroxylation sites is 2. The second-order valence-electron chi connectivity index (χ2n) is 4.01. The molecule has 0 amide bonds. The number of rotatable bonds is 3. The predicted molar refractivity (Wildman–Crippen MR) is 65.3 cm³/mol. The quantitative estimate of drug-likeness (QED) is 0.465. The van der Waals surface area contributed by atoms with E-state index in [-0.39, 0.29) is 11.4 Å². The van der Waals surface area contributed by atoms with Crippen molar-refractivity contribution in [3.63, 3.8) is 0 Å². The van der Waals surface area contributed by atoms with E-state index < -0.39 is 4.92 Å². The van der Waals surface area contributed by atoms with Crippen molar-refractivity contribution < 1.29 is 14.4 Å². The van der Waals surface area contributed by atoms with Gasteiger partial charge in [0.2, 0.25) is 5.75 Å². The molecule has 1 aromatic rings. The van der Waals surface area contributed by atoms with E-state index in [0.29, 0.717) is 18.9 Å². The van der Waals surface area contributed by atoms with E-state index in [1.54, 1.807) is 18.2 Å². The monoisotopic (exact) mass is 250 g/mol. The standard InChI is InChI=1S/C12H14N2O4/c1-13-6-7-17-10(8-13)9-18-12-5-3-2-4-11(12)14(15)16/h2-5,9H,6-8H2,1H3. The lowest BCUT2D eigenvalue weighted by atomic mass is 10.3. The van der Waals surface area contributed by atoms with Crippen LogP contribution in [0, 0.1) is 10.1 Å². The van der Waals surface area contributed by atoms with Crippen molar-refractivity contribution in [3.05, 3.63) is 46.4 Å². The molecular weight excluding hydrogens is 236 g/mol. The number of likely N-dealkylation sites (N-methyl/N-ethyl adjacent to an activating group) is 1. The molecule has 1 aliphatic heterocycles. The molecule has 6 heteroatoms. The van der Waals surface area contributed by atoms with Gasteiger partial charge in [-0.05, 0) is 13.1 Å². The van der Waals surface area contributed by atoms with Gasteiger partial charge in [0.1, 0.15) is 18.6 Å². The van der Waals surface area contributed by atoms with Crippen molar-refractivity contribution in [2.24, 2.45) is 0 Å². The zero-order valence-corrected chi connectivity index (χ0v) is 10.0. The molecule has 1 aliphatic rings. The van der Waals surface area contributed by atoms with E-state index in [0.717, 1.165) is 6.54 Å². The summed E-state index contributed by atoms with van der Waals surface area (Å²) < 4.78 is 10.7. The van der Waals surface area contributed by atoms with Crippen LogP contribution < -0.4 is 4.74 Å². The molecule has 0 N–H and O–H groups in total. The van der Waals surface area contributed by atoms with E-state index in [4.69, 9.17) is 9.47 Å². The summed E-state index contributed by atoms with van der Waals surface area (Å²) in [4.78, 5) is 12.4. The molecule has 0 bridgehead atoms. The van der Waals surface area contributed by atoms with Gasteiger partial charge in [0, 0.05) is 12.6 Å². The van der Waals surface area contributed by atoms with Crippen molar-refractivity contribution in [3.8, 4) is 5.75 Å². The van der Waals surface area contributed by atoms with Crippen LogP contribution in [0.5, 0.6) is 5.75 Å². The van der Waals surface area contributed by atoms with Crippen LogP contribution in [0.2, 0.25) is 0 Å². The molecule has 96 valence electrons. The molecule has 0 atom stereocenters. The third-order valence-corrected chi connectivity index (χ3v) is 2.57. The first-order valence-corrected chi connectivity index (χ1v) is 5.57. The minimum atomic E-state index is -0.471. The van der Waals surface area contributed by atoms with Crippen molar-refractivity contribution >= 4 is 5.69 Å². The first kappa shape index (κ1) is 12.4. The minimum absolute atomic E-state index is 0.0569. The summed E-state index contributed by atoms with van der Waals surface area (Å²) in [5, 5.41) is 10.8. The zero-order chi connectivity index (χ0) is 13.0. The highest BCUT2D eigenvalue weighted by molar-refractivity contribution is 5.46. The molecule has 0 aromatic heterocycles. The number of hydrogen-bond donors (Lipinski definition) is 0. The van der Waals surface area contributed by atoms with Gasteiger partial charge in [-0.25, -0.2) is 0 Å². The molecular formula is C12H14N2O4. The Morgan fingerprint density at radius 3 is 3.00 bits per heavy atom. The van der Waals surface area contributed by atoms with Crippen molar-refractivity contribution in [1.82, 2.24) is 4.90 Å². The summed E-state index contributed by atoms with van der Waals surface area (Å²) in [6, 6.07) is 6.25. The average Bonchev–Trinajstić information content (AvgIpc) is 2.37. The molecule has 1 fully saturated rings. The fourth-order valence-electron chi connectivity index (χ4n) is 1.63. The Morgan fingerprint density at radius 2 is 2.28 bits per heavy atom. The van der Waals surface area contributed by atoms with Crippen LogP contribution >= 0.6 is 0 Å². The Balaban J connectivity index is 2.10. The second-order valence-corrected chi connectivity index (χ2v) is 4.01. The maximum atomic E-state index is 10.8. The van der Waals surface area contributed by atoms with Crippen molar-refractivity contribution in [2.75, 3.05) is 26.7 Å². The Morgan fingerprint density at radius 1 is 1.50 bits per heavy atom. The topological polar surface area (TPSA) is 64.8 Å². The Hall–Kier alpha value is -2.08. The van der Waals surface area contributed by atoms with E-state index >= 15 is 0 Å². The predicted octanol–water partition coefficient (Wildman–Crippen LogP) is 1.78. The minimum Gasteiger partial charge on any atom is -0.492 e. The van der Waals surface area contributed by atoms with Gasteiger partial charge in [-0.1, -0.05) is 12.1 Å². The second kappa shape index (κ2) is 5.50. The van der Waals surface area contributed by atoms with E-state index in [1.165, 1.54) is 12.3 Å². The fourth-order valence-corrected chi connectivity index (χ4v) is 1.63. The number of nitro benzene ring substituents is 1. The summed E-state index contributed by atoms with van der Waals surface area (Å²) in [5.74, 6) is 0.883. The highest BCUT2D eigenvalue weighted by atomic mass is 16.6. The molecule has 1 aromatic carbocycles. The normalized spacial score (nSPS) is 18.4. The fraction of sp³-hybridized carbons (Fsp3) is 0.333. The van der Waals surface area contributed by atoms with Gasteiger partial charge in [-0.3, -0.25) is 15.0 Å². The van der Waals surface area contributed by atoms with Gasteiger partial charge >= 0.3 is 5.69 Å². The number of ether oxygens (including phenoxy) is 2. The third-order valence-electron chi connectivity index (χ3n) is 2.57. The zero-order valence-electron chi connectivity index (χ0n) is 10.0. The number of hydrogen-bond acceptors (Lipinski definition) is 5. The van der Waals surface area contributed by atoms with Crippen LogP contribution in [-0.2, 0) is 4.74 Å². The molecule has 0 spiro atoms. The first-order valence-electron chi connectivity index (χ1n) is 5.57. The summed E-state index contributed by atoms with van der Waals surface area (Å²) in [6.07, 6.45) is 1.43.